The fraction of sp³-hybridized carbons (Fsp3) is 0.636. The van der Waals surface area contributed by atoms with Gasteiger partial charge in [-0.2, -0.15) is 0 Å². The summed E-state index contributed by atoms with van der Waals surface area (Å²) in [6.45, 7) is 6.10. The van der Waals surface area contributed by atoms with Crippen LogP contribution < -0.4 is 0 Å². The molecule has 2 atom stereocenters. The van der Waals surface area contributed by atoms with E-state index in [0.717, 1.165) is 5.56 Å². The highest BCUT2D eigenvalue weighted by Crippen LogP contribution is 2.32. The van der Waals surface area contributed by atoms with Crippen LogP contribution in [0, 0.1) is 5.41 Å². The van der Waals surface area contributed by atoms with Crippen LogP contribution in [-0.2, 0) is 4.74 Å². The molecule has 1 N–H and O–H groups in total. The summed E-state index contributed by atoms with van der Waals surface area (Å²) < 4.78 is 10.2. The second-order valence-corrected chi connectivity index (χ2v) is 4.52. The van der Waals surface area contributed by atoms with E-state index in [4.69, 9.17) is 9.15 Å². The number of hydrogen-bond donors (Lipinski definition) is 1. The van der Waals surface area contributed by atoms with Gasteiger partial charge in [0.15, 0.2) is 0 Å². The summed E-state index contributed by atoms with van der Waals surface area (Å²) in [4.78, 5) is 0. The van der Waals surface area contributed by atoms with E-state index in [9.17, 15) is 5.11 Å². The number of rotatable bonds is 3. The quantitative estimate of drug-likeness (QED) is 0.810. The maximum absolute atomic E-state index is 10.0. The van der Waals surface area contributed by atoms with Crippen LogP contribution in [-0.4, -0.2) is 18.3 Å². The maximum Gasteiger partial charge on any atom is 0.109 e. The van der Waals surface area contributed by atoms with Crippen LogP contribution in [0.3, 0.4) is 0 Å². The number of ether oxygens (including phenoxy) is 1. The van der Waals surface area contributed by atoms with E-state index in [1.807, 2.05) is 20.8 Å². The predicted octanol–water partition coefficient (Wildman–Crippen LogP) is 2.37. The lowest BCUT2D eigenvalue weighted by atomic mass is 9.84. The lowest BCUT2D eigenvalue weighted by Gasteiger charge is -2.32. The van der Waals surface area contributed by atoms with Gasteiger partial charge in [-0.15, -0.1) is 0 Å². The predicted molar refractivity (Wildman–Crippen MR) is 53.9 cm³/mol. The van der Waals surface area contributed by atoms with Gasteiger partial charge in [0.05, 0.1) is 18.6 Å². The molecule has 0 fully saturated rings. The Morgan fingerprint density at radius 3 is 2.43 bits per heavy atom. The first kappa shape index (κ1) is 11.3. The zero-order valence-electron chi connectivity index (χ0n) is 9.15. The molecule has 3 nitrogen and oxygen atoms in total. The smallest absolute Gasteiger partial charge is 0.109 e. The molecular formula is C11H18O3. The van der Waals surface area contributed by atoms with E-state index < -0.39 is 6.10 Å². The van der Waals surface area contributed by atoms with Crippen molar-refractivity contribution < 1.29 is 14.3 Å². The first-order valence-electron chi connectivity index (χ1n) is 4.69. The van der Waals surface area contributed by atoms with Crippen molar-refractivity contribution in [3.8, 4) is 0 Å². The highest BCUT2D eigenvalue weighted by molar-refractivity contribution is 5.12. The SMILES string of the molecule is COC(C(O)c1ccoc1)C(C)(C)C. The van der Waals surface area contributed by atoms with Crippen LogP contribution in [0.15, 0.2) is 23.0 Å². The highest BCUT2D eigenvalue weighted by Gasteiger charge is 2.32. The normalized spacial score (nSPS) is 16.6. The molecule has 1 aromatic heterocycles. The molecule has 1 rings (SSSR count). The molecular weight excluding hydrogens is 180 g/mol. The van der Waals surface area contributed by atoms with Crippen molar-refractivity contribution in [2.75, 3.05) is 7.11 Å². The van der Waals surface area contributed by atoms with Gasteiger partial charge in [0.25, 0.3) is 0 Å². The molecule has 1 heterocycles. The minimum atomic E-state index is -0.640. The van der Waals surface area contributed by atoms with Gasteiger partial charge in [-0.25, -0.2) is 0 Å². The molecule has 2 unspecified atom stereocenters. The topological polar surface area (TPSA) is 42.6 Å². The van der Waals surface area contributed by atoms with Gasteiger partial charge >= 0.3 is 0 Å². The fourth-order valence-electron chi connectivity index (χ4n) is 1.57. The van der Waals surface area contributed by atoms with Crippen LogP contribution in [0.5, 0.6) is 0 Å². The van der Waals surface area contributed by atoms with Crippen LogP contribution in [0.4, 0.5) is 0 Å². The van der Waals surface area contributed by atoms with E-state index >= 15 is 0 Å². The van der Waals surface area contributed by atoms with Crippen molar-refractivity contribution in [2.24, 2.45) is 5.41 Å². The van der Waals surface area contributed by atoms with Gasteiger partial charge in [-0.1, -0.05) is 20.8 Å². The van der Waals surface area contributed by atoms with Crippen LogP contribution in [0.1, 0.15) is 32.4 Å². The minimum Gasteiger partial charge on any atom is -0.472 e. The molecule has 0 aliphatic carbocycles. The average Bonchev–Trinajstić information content (AvgIpc) is 2.53. The van der Waals surface area contributed by atoms with Crippen molar-refractivity contribution in [3.05, 3.63) is 24.2 Å². The summed E-state index contributed by atoms with van der Waals surface area (Å²) in [7, 11) is 1.61. The average molecular weight is 198 g/mol. The van der Waals surface area contributed by atoms with Crippen molar-refractivity contribution in [1.29, 1.82) is 0 Å². The maximum atomic E-state index is 10.0. The second-order valence-electron chi connectivity index (χ2n) is 4.52. The molecule has 3 heteroatoms. The Balaban J connectivity index is 2.81. The van der Waals surface area contributed by atoms with E-state index in [1.165, 1.54) is 0 Å². The van der Waals surface area contributed by atoms with Crippen molar-refractivity contribution >= 4 is 0 Å². The summed E-state index contributed by atoms with van der Waals surface area (Å²) in [5, 5.41) is 10.0. The Hall–Kier alpha value is -0.800. The molecule has 0 saturated carbocycles. The summed E-state index contributed by atoms with van der Waals surface area (Å²) in [5.41, 5.74) is 0.651. The molecule has 0 bridgehead atoms. The Labute approximate surface area is 84.7 Å². The zero-order valence-corrected chi connectivity index (χ0v) is 9.15. The van der Waals surface area contributed by atoms with Gasteiger partial charge in [-0.05, 0) is 11.5 Å². The zero-order chi connectivity index (χ0) is 10.8. The molecule has 0 saturated heterocycles. The molecule has 0 aliphatic rings. The van der Waals surface area contributed by atoms with Crippen LogP contribution >= 0.6 is 0 Å². The number of aliphatic hydroxyl groups excluding tert-OH is 1. The monoisotopic (exact) mass is 198 g/mol. The Morgan fingerprint density at radius 2 is 2.07 bits per heavy atom. The largest absolute Gasteiger partial charge is 0.472 e. The standard InChI is InChI=1S/C11H18O3/c1-11(2,3)10(13-4)9(12)8-5-6-14-7-8/h5-7,9-10,12H,1-4H3. The highest BCUT2D eigenvalue weighted by atomic mass is 16.5. The molecule has 0 spiro atoms. The summed E-state index contributed by atoms with van der Waals surface area (Å²) >= 11 is 0. The van der Waals surface area contributed by atoms with Crippen molar-refractivity contribution in [3.63, 3.8) is 0 Å². The second kappa shape index (κ2) is 4.15. The molecule has 0 amide bonds. The van der Waals surface area contributed by atoms with Crippen molar-refractivity contribution in [1.82, 2.24) is 0 Å². The van der Waals surface area contributed by atoms with Crippen LogP contribution in [0.25, 0.3) is 0 Å². The van der Waals surface area contributed by atoms with Gasteiger partial charge in [-0.3, -0.25) is 0 Å². The lowest BCUT2D eigenvalue weighted by Crippen LogP contribution is -2.34. The third-order valence-corrected chi connectivity index (χ3v) is 2.28. The number of hydrogen-bond acceptors (Lipinski definition) is 3. The minimum absolute atomic E-state index is 0.106. The molecule has 0 aromatic carbocycles. The van der Waals surface area contributed by atoms with Gasteiger partial charge in [0, 0.05) is 12.7 Å². The van der Waals surface area contributed by atoms with Crippen LogP contribution in [0.2, 0.25) is 0 Å². The Morgan fingerprint density at radius 1 is 1.43 bits per heavy atom. The third-order valence-electron chi connectivity index (χ3n) is 2.28. The number of methoxy groups -OCH3 is 1. The number of aliphatic hydroxyl groups is 1. The molecule has 80 valence electrons. The van der Waals surface area contributed by atoms with E-state index in [0.29, 0.717) is 0 Å². The fourth-order valence-corrected chi connectivity index (χ4v) is 1.57. The summed E-state index contributed by atoms with van der Waals surface area (Å²) in [6.07, 6.45) is 2.22. The Bertz CT molecular complexity index is 259. The first-order chi connectivity index (χ1) is 6.46. The van der Waals surface area contributed by atoms with E-state index in [-0.39, 0.29) is 11.5 Å². The third kappa shape index (κ3) is 2.36. The number of furan rings is 1. The molecule has 14 heavy (non-hydrogen) atoms. The molecule has 1 aromatic rings. The van der Waals surface area contributed by atoms with Gasteiger partial charge < -0.3 is 14.3 Å². The first-order valence-corrected chi connectivity index (χ1v) is 4.69. The van der Waals surface area contributed by atoms with Gasteiger partial charge in [0.2, 0.25) is 0 Å². The van der Waals surface area contributed by atoms with Gasteiger partial charge in [0.1, 0.15) is 6.10 Å². The Kier molecular flexibility index (Phi) is 3.34. The molecule has 0 radical (unpaired) electrons. The van der Waals surface area contributed by atoms with Crippen molar-refractivity contribution in [2.45, 2.75) is 33.0 Å². The van der Waals surface area contributed by atoms with E-state index in [1.54, 1.807) is 25.7 Å². The summed E-state index contributed by atoms with van der Waals surface area (Å²) in [6, 6.07) is 1.75. The summed E-state index contributed by atoms with van der Waals surface area (Å²) in [5.74, 6) is 0. The lowest BCUT2D eigenvalue weighted by molar-refractivity contribution is -0.0725. The molecule has 0 aliphatic heterocycles. The van der Waals surface area contributed by atoms with E-state index in [2.05, 4.69) is 0 Å².